The lowest BCUT2D eigenvalue weighted by molar-refractivity contribution is 0.766. The zero-order valence-corrected chi connectivity index (χ0v) is 19.5. The molecule has 0 fully saturated rings. The first-order valence-electron chi connectivity index (χ1n) is 9.70. The van der Waals surface area contributed by atoms with Crippen molar-refractivity contribution in [2.75, 3.05) is 0 Å². The van der Waals surface area contributed by atoms with E-state index in [4.69, 9.17) is 33.9 Å². The number of rotatable bonds is 6. The van der Waals surface area contributed by atoms with E-state index in [1.165, 1.54) is 11.9 Å². The van der Waals surface area contributed by atoms with Gasteiger partial charge in [-0.3, -0.25) is 14.4 Å². The van der Waals surface area contributed by atoms with E-state index in [1.54, 1.807) is 10.9 Å². The topological polar surface area (TPSA) is 81.1 Å². The van der Waals surface area contributed by atoms with Crippen LogP contribution in [0.1, 0.15) is 5.56 Å². The summed E-state index contributed by atoms with van der Waals surface area (Å²) in [4.78, 5) is 10.1. The summed E-state index contributed by atoms with van der Waals surface area (Å²) in [5.41, 5.74) is 10.8. The molecule has 3 N–H and O–H groups in total. The molecule has 0 bridgehead atoms. The number of aromatic nitrogens is 3. The third-order valence-corrected chi connectivity index (χ3v) is 5.87. The molecule has 9 heteroatoms. The number of aliphatic imine (C=N–C) groups is 1. The molecule has 0 saturated heterocycles. The van der Waals surface area contributed by atoms with Gasteiger partial charge in [0.05, 0.1) is 23.3 Å². The van der Waals surface area contributed by atoms with Crippen LogP contribution in [0.3, 0.4) is 0 Å². The number of guanidine groups is 1. The fourth-order valence-electron chi connectivity index (χ4n) is 3.05. The zero-order valence-electron chi connectivity index (χ0n) is 17.2. The fraction of sp³-hybridized carbons (Fsp3) is 0.0870. The highest BCUT2D eigenvalue weighted by Crippen LogP contribution is 2.32. The predicted octanol–water partition coefficient (Wildman–Crippen LogP) is 5.57. The number of hydrogen-bond donors (Lipinski definition) is 2. The number of halogens is 2. The maximum atomic E-state index is 6.09. The monoisotopic (exact) mass is 482 g/mol. The molecular formula is C23H20Cl2N6S. The van der Waals surface area contributed by atoms with Gasteiger partial charge >= 0.3 is 0 Å². The fourth-order valence-corrected chi connectivity index (χ4v) is 3.90. The molecule has 0 amide bonds. The van der Waals surface area contributed by atoms with E-state index in [0.717, 1.165) is 32.8 Å². The quantitative estimate of drug-likeness (QED) is 0.213. The molecule has 2 aromatic heterocycles. The normalized spacial score (nSPS) is 11.5. The largest absolute Gasteiger partial charge is 0.369 e. The van der Waals surface area contributed by atoms with Gasteiger partial charge in [0.2, 0.25) is 0 Å². The van der Waals surface area contributed by atoms with Crippen molar-refractivity contribution in [3.05, 3.63) is 88.8 Å². The highest BCUT2D eigenvalue weighted by molar-refractivity contribution is 7.98. The van der Waals surface area contributed by atoms with Crippen LogP contribution in [0.4, 0.5) is 0 Å². The molecule has 0 aliphatic rings. The summed E-state index contributed by atoms with van der Waals surface area (Å²) in [6.45, 7) is 0.390. The Morgan fingerprint density at radius 2 is 1.69 bits per heavy atom. The summed E-state index contributed by atoms with van der Waals surface area (Å²) in [6, 6.07) is 17.4. The number of pyridine rings is 1. The first-order chi connectivity index (χ1) is 15.5. The van der Waals surface area contributed by atoms with Crippen molar-refractivity contribution in [3.63, 3.8) is 0 Å². The van der Waals surface area contributed by atoms with Gasteiger partial charge in [-0.1, -0.05) is 47.5 Å². The maximum absolute atomic E-state index is 6.09. The van der Waals surface area contributed by atoms with Crippen molar-refractivity contribution in [1.29, 1.82) is 0 Å². The summed E-state index contributed by atoms with van der Waals surface area (Å²) < 4.78 is 4.75. The molecule has 162 valence electrons. The molecule has 0 saturated carbocycles. The van der Waals surface area contributed by atoms with Crippen molar-refractivity contribution in [1.82, 2.24) is 19.5 Å². The number of nitrogens with zero attached hydrogens (tertiary/aromatic N) is 4. The van der Waals surface area contributed by atoms with E-state index < -0.39 is 0 Å². The number of aryl methyl sites for hydroxylation is 1. The average molecular weight is 483 g/mol. The van der Waals surface area contributed by atoms with Gasteiger partial charge in [0.15, 0.2) is 5.96 Å². The standard InChI is InChI=1S/C23H20Cl2N6S/c1-31-14-20(13-29-31)32-30-23(26)28-12-15-10-21(16-2-6-18(24)7-3-16)22(27-11-15)17-4-8-19(25)9-5-17/h2-11,13-14H,12H2,1H3,(H3,26,28,30). The van der Waals surface area contributed by atoms with Crippen molar-refractivity contribution in [2.24, 2.45) is 17.8 Å². The molecule has 2 aromatic carbocycles. The van der Waals surface area contributed by atoms with Gasteiger partial charge in [-0.25, -0.2) is 4.99 Å². The molecule has 0 aliphatic carbocycles. The molecular weight excluding hydrogens is 463 g/mol. The van der Waals surface area contributed by atoms with E-state index in [9.17, 15) is 0 Å². The Morgan fingerprint density at radius 3 is 2.31 bits per heavy atom. The molecule has 0 atom stereocenters. The zero-order chi connectivity index (χ0) is 22.5. The maximum Gasteiger partial charge on any atom is 0.199 e. The second kappa shape index (κ2) is 10.1. The minimum absolute atomic E-state index is 0.327. The average Bonchev–Trinajstić information content (AvgIpc) is 3.22. The number of hydrogen-bond acceptors (Lipinski definition) is 4. The summed E-state index contributed by atoms with van der Waals surface area (Å²) in [6.07, 6.45) is 5.46. The number of benzene rings is 2. The van der Waals surface area contributed by atoms with Gasteiger partial charge in [0.1, 0.15) is 0 Å². The number of nitrogens with two attached hydrogens (primary N) is 1. The van der Waals surface area contributed by atoms with E-state index >= 15 is 0 Å². The molecule has 0 radical (unpaired) electrons. The first kappa shape index (κ1) is 22.2. The molecule has 4 aromatic rings. The van der Waals surface area contributed by atoms with Crippen molar-refractivity contribution >= 4 is 41.1 Å². The Balaban J connectivity index is 1.58. The minimum atomic E-state index is 0.327. The molecule has 32 heavy (non-hydrogen) atoms. The summed E-state index contributed by atoms with van der Waals surface area (Å²) in [7, 11) is 1.86. The van der Waals surface area contributed by atoms with Gasteiger partial charge in [0.25, 0.3) is 0 Å². The van der Waals surface area contributed by atoms with Crippen LogP contribution in [-0.2, 0) is 13.6 Å². The Bertz CT molecular complexity index is 1240. The summed E-state index contributed by atoms with van der Waals surface area (Å²) in [5.74, 6) is 0.327. The third-order valence-electron chi connectivity index (χ3n) is 4.60. The van der Waals surface area contributed by atoms with Gasteiger partial charge in [0, 0.05) is 40.6 Å². The molecule has 4 rings (SSSR count). The van der Waals surface area contributed by atoms with E-state index in [0.29, 0.717) is 22.5 Å². The minimum Gasteiger partial charge on any atom is -0.369 e. The lowest BCUT2D eigenvalue weighted by atomic mass is 9.98. The van der Waals surface area contributed by atoms with Gasteiger partial charge in [-0.2, -0.15) is 5.10 Å². The second-order valence-corrected chi connectivity index (χ2v) is 8.76. The molecule has 0 spiro atoms. The third kappa shape index (κ3) is 5.62. The Labute approximate surface area is 200 Å². The van der Waals surface area contributed by atoms with Crippen LogP contribution in [0.25, 0.3) is 22.4 Å². The van der Waals surface area contributed by atoms with Crippen molar-refractivity contribution < 1.29 is 0 Å². The Hall–Kier alpha value is -3.00. The van der Waals surface area contributed by atoms with Crippen LogP contribution in [0, 0.1) is 0 Å². The molecule has 6 nitrogen and oxygen atoms in total. The van der Waals surface area contributed by atoms with E-state index in [2.05, 4.69) is 20.9 Å². The van der Waals surface area contributed by atoms with Gasteiger partial charge in [-0.05, 0) is 53.4 Å². The molecule has 2 heterocycles. The van der Waals surface area contributed by atoms with E-state index in [1.807, 2.05) is 68.0 Å². The van der Waals surface area contributed by atoms with Crippen molar-refractivity contribution in [3.8, 4) is 22.4 Å². The van der Waals surface area contributed by atoms with Crippen LogP contribution in [0.5, 0.6) is 0 Å². The smallest absolute Gasteiger partial charge is 0.199 e. The van der Waals surface area contributed by atoms with E-state index in [-0.39, 0.29) is 0 Å². The lowest BCUT2D eigenvalue weighted by Crippen LogP contribution is -2.25. The Kier molecular flexibility index (Phi) is 6.99. The SMILES string of the molecule is Cn1cc(SNC(N)=NCc2cnc(-c3ccc(Cl)cc3)c(-c3ccc(Cl)cc3)c2)cn1. The summed E-state index contributed by atoms with van der Waals surface area (Å²) >= 11 is 13.5. The van der Waals surface area contributed by atoms with Crippen LogP contribution in [0.2, 0.25) is 10.0 Å². The number of nitrogens with one attached hydrogen (secondary N) is 1. The predicted molar refractivity (Wildman–Crippen MR) is 133 cm³/mol. The Morgan fingerprint density at radius 1 is 1.03 bits per heavy atom. The highest BCUT2D eigenvalue weighted by Gasteiger charge is 2.11. The summed E-state index contributed by atoms with van der Waals surface area (Å²) in [5, 5.41) is 5.48. The van der Waals surface area contributed by atoms with Crippen LogP contribution < -0.4 is 10.5 Å². The van der Waals surface area contributed by atoms with Crippen LogP contribution in [-0.4, -0.2) is 20.7 Å². The van der Waals surface area contributed by atoms with Crippen LogP contribution >= 0.6 is 35.1 Å². The van der Waals surface area contributed by atoms with Gasteiger partial charge < -0.3 is 5.73 Å². The molecule has 0 aliphatic heterocycles. The first-order valence-corrected chi connectivity index (χ1v) is 11.3. The van der Waals surface area contributed by atoms with Crippen LogP contribution in [0.15, 0.2) is 83.1 Å². The molecule has 0 unspecified atom stereocenters. The highest BCUT2D eigenvalue weighted by atomic mass is 35.5. The lowest BCUT2D eigenvalue weighted by Gasteiger charge is -2.12. The second-order valence-electron chi connectivity index (χ2n) is 7.01. The van der Waals surface area contributed by atoms with Gasteiger partial charge in [-0.15, -0.1) is 0 Å². The van der Waals surface area contributed by atoms with Crippen molar-refractivity contribution in [2.45, 2.75) is 11.4 Å².